The second-order valence-electron chi connectivity index (χ2n) is 6.68. The third-order valence-electron chi connectivity index (χ3n) is 3.48. The van der Waals surface area contributed by atoms with E-state index in [-0.39, 0.29) is 12.4 Å². The molecule has 0 N–H and O–H groups in total. The number of esters is 1. The molecule has 0 radical (unpaired) electrons. The van der Waals surface area contributed by atoms with Crippen LogP contribution in [0, 0.1) is 0 Å². The Balaban J connectivity index is 2.28. The van der Waals surface area contributed by atoms with E-state index in [1.165, 1.54) is 4.90 Å². The van der Waals surface area contributed by atoms with E-state index in [1.807, 2.05) is 38.8 Å². The van der Waals surface area contributed by atoms with Gasteiger partial charge in [-0.25, -0.2) is 9.78 Å². The van der Waals surface area contributed by atoms with Crippen molar-refractivity contribution in [3.8, 4) is 0 Å². The zero-order valence-electron chi connectivity index (χ0n) is 15.0. The van der Waals surface area contributed by atoms with Gasteiger partial charge in [-0.2, -0.15) is 0 Å². The van der Waals surface area contributed by atoms with Gasteiger partial charge in [0.1, 0.15) is 5.60 Å². The second kappa shape index (κ2) is 7.07. The molecule has 1 aliphatic heterocycles. The lowest BCUT2D eigenvalue weighted by molar-refractivity contribution is -0.142. The molecule has 0 aliphatic carbocycles. The van der Waals surface area contributed by atoms with Gasteiger partial charge in [0.05, 0.1) is 24.4 Å². The van der Waals surface area contributed by atoms with E-state index < -0.39 is 11.7 Å². The van der Waals surface area contributed by atoms with E-state index >= 15 is 0 Å². The molecule has 24 heavy (non-hydrogen) atoms. The van der Waals surface area contributed by atoms with Crippen molar-refractivity contribution < 1.29 is 19.1 Å². The number of hydrogen-bond donors (Lipinski definition) is 0. The summed E-state index contributed by atoms with van der Waals surface area (Å²) in [7, 11) is 1.94. The van der Waals surface area contributed by atoms with E-state index in [9.17, 15) is 9.59 Å². The maximum atomic E-state index is 12.5. The Kier molecular flexibility index (Phi) is 5.31. The average Bonchev–Trinajstić information content (AvgIpc) is 2.45. The van der Waals surface area contributed by atoms with E-state index in [0.717, 1.165) is 5.69 Å². The molecule has 1 aliphatic rings. The monoisotopic (exact) mass is 335 g/mol. The Bertz CT molecular complexity index is 625. The topological polar surface area (TPSA) is 72.0 Å². The normalized spacial score (nSPS) is 14.2. The second-order valence-corrected chi connectivity index (χ2v) is 6.68. The quantitative estimate of drug-likeness (QED) is 0.790. The molecule has 1 aromatic rings. The summed E-state index contributed by atoms with van der Waals surface area (Å²) in [5, 5.41) is 0. The standard InChI is InChI=1S/C17H25N3O4/c1-6-23-14(21)11-12-7-8-13-15(18-12)20(10-9-19(13)5)16(22)24-17(2,3)4/h7-8H,6,9-11H2,1-5H3. The van der Waals surface area contributed by atoms with Crippen LogP contribution in [0.5, 0.6) is 0 Å². The van der Waals surface area contributed by atoms with Gasteiger partial charge in [0, 0.05) is 20.1 Å². The largest absolute Gasteiger partial charge is 0.466 e. The van der Waals surface area contributed by atoms with Crippen molar-refractivity contribution in [3.63, 3.8) is 0 Å². The van der Waals surface area contributed by atoms with Crippen LogP contribution >= 0.6 is 0 Å². The van der Waals surface area contributed by atoms with Gasteiger partial charge in [0.15, 0.2) is 5.82 Å². The highest BCUT2D eigenvalue weighted by molar-refractivity contribution is 5.92. The summed E-state index contributed by atoms with van der Waals surface area (Å²) in [4.78, 5) is 32.2. The van der Waals surface area contributed by atoms with Gasteiger partial charge in [-0.05, 0) is 39.8 Å². The number of pyridine rings is 1. The number of aromatic nitrogens is 1. The number of amides is 1. The van der Waals surface area contributed by atoms with Crippen LogP contribution < -0.4 is 9.80 Å². The van der Waals surface area contributed by atoms with Crippen molar-refractivity contribution in [2.45, 2.75) is 39.7 Å². The zero-order chi connectivity index (χ0) is 17.9. The summed E-state index contributed by atoms with van der Waals surface area (Å²) in [6.45, 7) is 8.73. The fourth-order valence-electron chi connectivity index (χ4n) is 2.41. The smallest absolute Gasteiger partial charge is 0.416 e. The lowest BCUT2D eigenvalue weighted by atomic mass is 10.2. The predicted molar refractivity (Wildman–Crippen MR) is 91.4 cm³/mol. The van der Waals surface area contributed by atoms with E-state index in [2.05, 4.69) is 4.98 Å². The number of hydrogen-bond acceptors (Lipinski definition) is 6. The van der Waals surface area contributed by atoms with Crippen molar-refractivity contribution in [1.29, 1.82) is 0 Å². The Hall–Kier alpha value is -2.31. The molecule has 0 saturated carbocycles. The first-order valence-corrected chi connectivity index (χ1v) is 8.08. The Morgan fingerprint density at radius 3 is 2.58 bits per heavy atom. The molecule has 1 aromatic heterocycles. The highest BCUT2D eigenvalue weighted by Gasteiger charge is 2.30. The summed E-state index contributed by atoms with van der Waals surface area (Å²) < 4.78 is 10.4. The van der Waals surface area contributed by atoms with Crippen molar-refractivity contribution >= 4 is 23.6 Å². The minimum atomic E-state index is -0.580. The van der Waals surface area contributed by atoms with Crippen LogP contribution in [0.15, 0.2) is 12.1 Å². The average molecular weight is 335 g/mol. The van der Waals surface area contributed by atoms with E-state index in [1.54, 1.807) is 13.0 Å². The molecule has 2 rings (SSSR count). The van der Waals surface area contributed by atoms with Crippen molar-refractivity contribution in [1.82, 2.24) is 4.98 Å². The molecule has 0 bridgehead atoms. The maximum Gasteiger partial charge on any atom is 0.416 e. The molecule has 7 nitrogen and oxygen atoms in total. The number of nitrogens with zero attached hydrogens (tertiary/aromatic N) is 3. The number of anilines is 2. The van der Waals surface area contributed by atoms with E-state index in [4.69, 9.17) is 9.47 Å². The SMILES string of the molecule is CCOC(=O)Cc1ccc2c(n1)N(C(=O)OC(C)(C)C)CCN2C. The lowest BCUT2D eigenvalue weighted by Gasteiger charge is -2.35. The highest BCUT2D eigenvalue weighted by atomic mass is 16.6. The summed E-state index contributed by atoms with van der Waals surface area (Å²) >= 11 is 0. The molecule has 0 atom stereocenters. The van der Waals surface area contributed by atoms with Crippen LogP contribution in [0.4, 0.5) is 16.3 Å². The highest BCUT2D eigenvalue weighted by Crippen LogP contribution is 2.31. The molecule has 132 valence electrons. The van der Waals surface area contributed by atoms with Crippen LogP contribution in [0.25, 0.3) is 0 Å². The number of carbonyl (C=O) groups excluding carboxylic acids is 2. The molecular weight excluding hydrogens is 310 g/mol. The van der Waals surface area contributed by atoms with Crippen molar-refractivity contribution in [2.75, 3.05) is 36.5 Å². The lowest BCUT2D eigenvalue weighted by Crippen LogP contribution is -2.45. The fourth-order valence-corrected chi connectivity index (χ4v) is 2.41. The minimum Gasteiger partial charge on any atom is -0.466 e. The number of likely N-dealkylation sites (N-methyl/N-ethyl adjacent to an activating group) is 1. The fraction of sp³-hybridized carbons (Fsp3) is 0.588. The minimum absolute atomic E-state index is 0.0764. The third kappa shape index (κ3) is 4.37. The Morgan fingerprint density at radius 2 is 1.96 bits per heavy atom. The van der Waals surface area contributed by atoms with Gasteiger partial charge in [-0.3, -0.25) is 9.69 Å². The summed E-state index contributed by atoms with van der Waals surface area (Å²) in [6.07, 6.45) is -0.356. The van der Waals surface area contributed by atoms with Crippen molar-refractivity contribution in [2.24, 2.45) is 0 Å². The van der Waals surface area contributed by atoms with Gasteiger partial charge < -0.3 is 14.4 Å². The van der Waals surface area contributed by atoms with Crippen LogP contribution in [-0.2, 0) is 20.7 Å². The van der Waals surface area contributed by atoms with Crippen LogP contribution in [0.1, 0.15) is 33.4 Å². The number of rotatable bonds is 3. The first-order valence-electron chi connectivity index (χ1n) is 8.08. The number of ether oxygens (including phenoxy) is 2. The molecule has 1 amide bonds. The van der Waals surface area contributed by atoms with Gasteiger partial charge in [-0.15, -0.1) is 0 Å². The van der Waals surface area contributed by atoms with Crippen LogP contribution in [0.2, 0.25) is 0 Å². The summed E-state index contributed by atoms with van der Waals surface area (Å²) in [6, 6.07) is 3.65. The van der Waals surface area contributed by atoms with Gasteiger partial charge >= 0.3 is 12.1 Å². The summed E-state index contributed by atoms with van der Waals surface area (Å²) in [5.74, 6) is 0.178. The van der Waals surface area contributed by atoms with Crippen LogP contribution in [0.3, 0.4) is 0 Å². The van der Waals surface area contributed by atoms with E-state index in [0.29, 0.717) is 31.2 Å². The molecule has 0 unspecified atom stereocenters. The molecule has 7 heteroatoms. The number of carbonyl (C=O) groups is 2. The predicted octanol–water partition coefficient (Wildman–Crippen LogP) is 2.38. The Morgan fingerprint density at radius 1 is 1.25 bits per heavy atom. The molecule has 0 aromatic carbocycles. The number of fused-ring (bicyclic) bond motifs is 1. The maximum absolute atomic E-state index is 12.5. The molecule has 0 saturated heterocycles. The van der Waals surface area contributed by atoms with Gasteiger partial charge in [0.25, 0.3) is 0 Å². The first-order chi connectivity index (χ1) is 11.2. The first kappa shape index (κ1) is 18.0. The zero-order valence-corrected chi connectivity index (χ0v) is 15.0. The summed E-state index contributed by atoms with van der Waals surface area (Å²) in [5.41, 5.74) is 0.819. The van der Waals surface area contributed by atoms with Gasteiger partial charge in [-0.1, -0.05) is 0 Å². The third-order valence-corrected chi connectivity index (χ3v) is 3.48. The van der Waals surface area contributed by atoms with Crippen molar-refractivity contribution in [3.05, 3.63) is 17.8 Å². The molecule has 0 fully saturated rings. The molecular formula is C17H25N3O4. The Labute approximate surface area is 142 Å². The molecule has 2 heterocycles. The van der Waals surface area contributed by atoms with Crippen LogP contribution in [-0.4, -0.2) is 49.4 Å². The van der Waals surface area contributed by atoms with Gasteiger partial charge in [0.2, 0.25) is 0 Å². The molecule has 0 spiro atoms.